The number of carboxylic acid groups (broad SMARTS) is 1. The molecule has 11 heavy (non-hydrogen) atoms. The SMILES string of the molecule is C[C@]1(I)C=CC(C(=O)O)=CC1. The molecule has 1 rings (SSSR count). The fraction of sp³-hybridized carbons (Fsp3) is 0.375. The zero-order valence-electron chi connectivity index (χ0n) is 6.17. The third-order valence-electron chi connectivity index (χ3n) is 1.58. The number of rotatable bonds is 1. The molecule has 1 aliphatic rings. The molecule has 0 heterocycles. The Labute approximate surface area is 79.1 Å². The molecule has 0 amide bonds. The maximum Gasteiger partial charge on any atom is 0.335 e. The molecule has 0 aromatic rings. The van der Waals surface area contributed by atoms with Gasteiger partial charge in [0.2, 0.25) is 0 Å². The van der Waals surface area contributed by atoms with Gasteiger partial charge >= 0.3 is 5.97 Å². The van der Waals surface area contributed by atoms with E-state index in [0.717, 1.165) is 6.42 Å². The van der Waals surface area contributed by atoms with Gasteiger partial charge in [0.05, 0.1) is 5.57 Å². The summed E-state index contributed by atoms with van der Waals surface area (Å²) in [5, 5.41) is 8.59. The van der Waals surface area contributed by atoms with Gasteiger partial charge < -0.3 is 5.11 Å². The smallest absolute Gasteiger partial charge is 0.335 e. The summed E-state index contributed by atoms with van der Waals surface area (Å²) < 4.78 is 0.0940. The lowest BCUT2D eigenvalue weighted by Crippen LogP contribution is -2.15. The van der Waals surface area contributed by atoms with Crippen LogP contribution >= 0.6 is 22.6 Å². The highest BCUT2D eigenvalue weighted by atomic mass is 127. The van der Waals surface area contributed by atoms with E-state index in [9.17, 15) is 4.79 Å². The molecule has 0 aromatic heterocycles. The van der Waals surface area contributed by atoms with E-state index in [4.69, 9.17) is 5.11 Å². The number of alkyl halides is 1. The summed E-state index contributed by atoms with van der Waals surface area (Å²) in [5.41, 5.74) is 0.402. The first-order valence-corrected chi connectivity index (χ1v) is 4.41. The second kappa shape index (κ2) is 2.97. The van der Waals surface area contributed by atoms with Crippen LogP contribution in [0.1, 0.15) is 13.3 Å². The zero-order valence-corrected chi connectivity index (χ0v) is 8.33. The fourth-order valence-electron chi connectivity index (χ4n) is 0.868. The number of hydrogen-bond acceptors (Lipinski definition) is 1. The van der Waals surface area contributed by atoms with Crippen LogP contribution in [0.15, 0.2) is 23.8 Å². The van der Waals surface area contributed by atoms with E-state index in [0.29, 0.717) is 5.57 Å². The maximum absolute atomic E-state index is 10.4. The molecule has 2 nitrogen and oxygen atoms in total. The fourth-order valence-corrected chi connectivity index (χ4v) is 1.27. The van der Waals surface area contributed by atoms with Crippen molar-refractivity contribution >= 4 is 28.6 Å². The molecule has 3 heteroatoms. The monoisotopic (exact) mass is 264 g/mol. The number of carbonyl (C=O) groups is 1. The summed E-state index contributed by atoms with van der Waals surface area (Å²) in [6.07, 6.45) is 6.15. The summed E-state index contributed by atoms with van der Waals surface area (Å²) in [6.45, 7) is 2.07. The van der Waals surface area contributed by atoms with Crippen LogP contribution < -0.4 is 0 Å². The molecule has 1 atom stereocenters. The van der Waals surface area contributed by atoms with Gasteiger partial charge in [0.25, 0.3) is 0 Å². The Morgan fingerprint density at radius 1 is 1.82 bits per heavy atom. The van der Waals surface area contributed by atoms with E-state index in [1.54, 1.807) is 12.2 Å². The largest absolute Gasteiger partial charge is 0.478 e. The van der Waals surface area contributed by atoms with Crippen molar-refractivity contribution in [3.8, 4) is 0 Å². The van der Waals surface area contributed by atoms with E-state index < -0.39 is 5.97 Å². The van der Waals surface area contributed by atoms with Gasteiger partial charge in [0.1, 0.15) is 0 Å². The van der Waals surface area contributed by atoms with Gasteiger partial charge in [-0.25, -0.2) is 4.79 Å². The summed E-state index contributed by atoms with van der Waals surface area (Å²) in [4.78, 5) is 10.4. The van der Waals surface area contributed by atoms with Gasteiger partial charge in [-0.15, -0.1) is 0 Å². The second-order valence-electron chi connectivity index (χ2n) is 2.78. The Hall–Kier alpha value is -0.320. The van der Waals surface area contributed by atoms with E-state index in [1.807, 2.05) is 6.08 Å². The summed E-state index contributed by atoms with van der Waals surface area (Å²) in [7, 11) is 0. The highest BCUT2D eigenvalue weighted by Gasteiger charge is 2.19. The molecule has 0 radical (unpaired) electrons. The molecule has 1 aliphatic carbocycles. The van der Waals surface area contributed by atoms with Crippen molar-refractivity contribution in [1.29, 1.82) is 0 Å². The predicted molar refractivity (Wildman–Crippen MR) is 51.9 cm³/mol. The molecule has 0 unspecified atom stereocenters. The van der Waals surface area contributed by atoms with Gasteiger partial charge in [-0.2, -0.15) is 0 Å². The van der Waals surface area contributed by atoms with E-state index in [2.05, 4.69) is 29.5 Å². The van der Waals surface area contributed by atoms with E-state index >= 15 is 0 Å². The number of carboxylic acids is 1. The quantitative estimate of drug-likeness (QED) is 0.582. The number of hydrogen-bond donors (Lipinski definition) is 1. The summed E-state index contributed by atoms with van der Waals surface area (Å²) >= 11 is 2.30. The predicted octanol–water partition coefficient (Wildman–Crippen LogP) is 2.15. The standard InChI is InChI=1S/C8H9IO2/c1-8(9)4-2-6(3-5-8)7(10)11/h2-4H,5H2,1H3,(H,10,11)/t8-/m0/s1. The van der Waals surface area contributed by atoms with E-state index in [-0.39, 0.29) is 3.42 Å². The molecule has 0 bridgehead atoms. The number of allylic oxidation sites excluding steroid dienone is 2. The number of halogens is 1. The van der Waals surface area contributed by atoms with Crippen molar-refractivity contribution in [3.63, 3.8) is 0 Å². The molecule has 1 N–H and O–H groups in total. The molecule has 0 fully saturated rings. The maximum atomic E-state index is 10.4. The zero-order chi connectivity index (χ0) is 8.48. The molecule has 60 valence electrons. The van der Waals surface area contributed by atoms with Crippen LogP contribution in [0.5, 0.6) is 0 Å². The van der Waals surface area contributed by atoms with Gasteiger partial charge in [0, 0.05) is 3.42 Å². The lowest BCUT2D eigenvalue weighted by Gasteiger charge is -2.19. The minimum Gasteiger partial charge on any atom is -0.478 e. The summed E-state index contributed by atoms with van der Waals surface area (Å²) in [6, 6.07) is 0. The van der Waals surface area contributed by atoms with Crippen molar-refractivity contribution in [2.75, 3.05) is 0 Å². The number of aliphatic carboxylic acids is 1. The molecular formula is C8H9IO2. The molecule has 0 spiro atoms. The van der Waals surface area contributed by atoms with Crippen molar-refractivity contribution < 1.29 is 9.90 Å². The van der Waals surface area contributed by atoms with Crippen molar-refractivity contribution in [3.05, 3.63) is 23.8 Å². The second-order valence-corrected chi connectivity index (χ2v) is 5.24. The third-order valence-corrected chi connectivity index (χ3v) is 2.38. The third kappa shape index (κ3) is 2.32. The van der Waals surface area contributed by atoms with Crippen LogP contribution in [0.2, 0.25) is 0 Å². The first-order valence-electron chi connectivity index (χ1n) is 3.33. The highest BCUT2D eigenvalue weighted by Crippen LogP contribution is 2.29. The van der Waals surface area contributed by atoms with E-state index in [1.165, 1.54) is 0 Å². The Kier molecular flexibility index (Phi) is 2.37. The molecule has 0 aromatic carbocycles. The lowest BCUT2D eigenvalue weighted by atomic mass is 9.99. The van der Waals surface area contributed by atoms with Crippen molar-refractivity contribution in [2.24, 2.45) is 0 Å². The van der Waals surface area contributed by atoms with Gasteiger partial charge in [-0.3, -0.25) is 0 Å². The first-order chi connectivity index (χ1) is 5.01. The Morgan fingerprint density at radius 2 is 2.45 bits per heavy atom. The topological polar surface area (TPSA) is 37.3 Å². The Morgan fingerprint density at radius 3 is 2.82 bits per heavy atom. The highest BCUT2D eigenvalue weighted by molar-refractivity contribution is 14.1. The minimum atomic E-state index is -0.840. The van der Waals surface area contributed by atoms with Crippen molar-refractivity contribution in [2.45, 2.75) is 16.8 Å². The summed E-state index contributed by atoms with van der Waals surface area (Å²) in [5.74, 6) is -0.840. The Bertz CT molecular complexity index is 238. The molecule has 0 aliphatic heterocycles. The lowest BCUT2D eigenvalue weighted by molar-refractivity contribution is -0.132. The van der Waals surface area contributed by atoms with Crippen LogP contribution in [0.3, 0.4) is 0 Å². The molecular weight excluding hydrogens is 255 g/mol. The van der Waals surface area contributed by atoms with Crippen LogP contribution in [0, 0.1) is 0 Å². The normalized spacial score (nSPS) is 29.8. The van der Waals surface area contributed by atoms with Crippen molar-refractivity contribution in [1.82, 2.24) is 0 Å². The first kappa shape index (κ1) is 8.77. The van der Waals surface area contributed by atoms with Crippen LogP contribution in [-0.2, 0) is 4.79 Å². The minimum absolute atomic E-state index is 0.0940. The molecule has 0 saturated carbocycles. The molecule has 0 saturated heterocycles. The van der Waals surface area contributed by atoms with Crippen LogP contribution in [-0.4, -0.2) is 14.5 Å². The van der Waals surface area contributed by atoms with Crippen LogP contribution in [0.4, 0.5) is 0 Å². The average Bonchev–Trinajstić information content (AvgIpc) is 1.86. The van der Waals surface area contributed by atoms with Gasteiger partial charge in [0.15, 0.2) is 0 Å². The van der Waals surface area contributed by atoms with Gasteiger partial charge in [-0.1, -0.05) is 40.8 Å². The van der Waals surface area contributed by atoms with Crippen LogP contribution in [0.25, 0.3) is 0 Å². The average molecular weight is 264 g/mol. The Balaban J connectivity index is 2.75. The van der Waals surface area contributed by atoms with Gasteiger partial charge in [-0.05, 0) is 13.3 Å².